The molecule has 1 heterocycles. The van der Waals surface area contributed by atoms with Crippen LogP contribution in [0.5, 0.6) is 0 Å². The standard InChI is InChI=1S/C17H24FN3O2.C2HF3O2/c1-2-10-21(17(23)14-3-5-15(18)6-4-14)11-7-16(22)20-12-8-19-9-13-20;3-2(4,5)1(6)7/h3-6,19H,2,7-13H2,1H3;(H,6,7). The highest BCUT2D eigenvalue weighted by atomic mass is 19.4. The molecule has 0 atom stereocenters. The molecule has 1 aliphatic rings. The van der Waals surface area contributed by atoms with Crippen LogP contribution < -0.4 is 5.32 Å². The minimum Gasteiger partial charge on any atom is -0.475 e. The molecule has 1 fully saturated rings. The van der Waals surface area contributed by atoms with Crippen LogP contribution in [0.15, 0.2) is 24.3 Å². The summed E-state index contributed by atoms with van der Waals surface area (Å²) in [4.78, 5) is 37.1. The van der Waals surface area contributed by atoms with E-state index in [4.69, 9.17) is 9.90 Å². The monoisotopic (exact) mass is 435 g/mol. The largest absolute Gasteiger partial charge is 0.490 e. The van der Waals surface area contributed by atoms with Gasteiger partial charge in [-0.15, -0.1) is 0 Å². The Balaban J connectivity index is 0.000000553. The maximum atomic E-state index is 13.0. The average molecular weight is 435 g/mol. The van der Waals surface area contributed by atoms with Crippen molar-refractivity contribution < 1.29 is 37.1 Å². The van der Waals surface area contributed by atoms with Crippen molar-refractivity contribution in [2.45, 2.75) is 25.9 Å². The van der Waals surface area contributed by atoms with Crippen LogP contribution in [0.4, 0.5) is 17.6 Å². The van der Waals surface area contributed by atoms with Crippen molar-refractivity contribution in [2.75, 3.05) is 39.3 Å². The zero-order valence-electron chi connectivity index (χ0n) is 16.5. The van der Waals surface area contributed by atoms with Gasteiger partial charge < -0.3 is 20.2 Å². The van der Waals surface area contributed by atoms with E-state index in [1.165, 1.54) is 24.3 Å². The number of benzene rings is 1. The van der Waals surface area contributed by atoms with Crippen molar-refractivity contribution in [2.24, 2.45) is 0 Å². The predicted molar refractivity (Wildman–Crippen MR) is 100 cm³/mol. The molecule has 11 heteroatoms. The Morgan fingerprint density at radius 2 is 1.63 bits per heavy atom. The molecular formula is C19H25F4N3O4. The van der Waals surface area contributed by atoms with Crippen LogP contribution in [-0.4, -0.2) is 78.1 Å². The van der Waals surface area contributed by atoms with Gasteiger partial charge in [0.05, 0.1) is 0 Å². The molecule has 1 saturated heterocycles. The number of nitrogens with one attached hydrogen (secondary N) is 1. The summed E-state index contributed by atoms with van der Waals surface area (Å²) < 4.78 is 44.7. The van der Waals surface area contributed by atoms with Gasteiger partial charge in [0.15, 0.2) is 0 Å². The van der Waals surface area contributed by atoms with Crippen LogP contribution in [0, 0.1) is 5.82 Å². The number of halogens is 4. The number of carbonyl (C=O) groups is 3. The molecule has 2 amide bonds. The SMILES string of the molecule is CCCN(CCC(=O)N1CCNCC1)C(=O)c1ccc(F)cc1.O=C(O)C(F)(F)F. The molecule has 1 aliphatic heterocycles. The quantitative estimate of drug-likeness (QED) is 0.669. The molecule has 2 N–H and O–H groups in total. The van der Waals surface area contributed by atoms with E-state index < -0.39 is 12.1 Å². The van der Waals surface area contributed by atoms with Gasteiger partial charge in [0.25, 0.3) is 5.91 Å². The maximum Gasteiger partial charge on any atom is 0.490 e. The molecule has 0 unspecified atom stereocenters. The number of piperazine rings is 1. The first-order valence-corrected chi connectivity index (χ1v) is 9.39. The van der Waals surface area contributed by atoms with Crippen molar-refractivity contribution in [1.82, 2.24) is 15.1 Å². The molecule has 1 aromatic rings. The second-order valence-corrected chi connectivity index (χ2v) is 6.48. The first kappa shape index (κ1) is 25.3. The summed E-state index contributed by atoms with van der Waals surface area (Å²) in [5.74, 6) is -3.19. The Kier molecular flexibility index (Phi) is 10.2. The minimum absolute atomic E-state index is 0.0829. The summed E-state index contributed by atoms with van der Waals surface area (Å²) in [5.41, 5.74) is 0.453. The molecular weight excluding hydrogens is 410 g/mol. The molecule has 0 spiro atoms. The molecule has 2 rings (SSSR count). The number of carbonyl (C=O) groups excluding carboxylic acids is 2. The van der Waals surface area contributed by atoms with Crippen LogP contribution in [0.2, 0.25) is 0 Å². The highest BCUT2D eigenvalue weighted by Gasteiger charge is 2.38. The van der Waals surface area contributed by atoms with Gasteiger partial charge in [0.2, 0.25) is 5.91 Å². The number of alkyl halides is 3. The van der Waals surface area contributed by atoms with Crippen molar-refractivity contribution in [3.8, 4) is 0 Å². The smallest absolute Gasteiger partial charge is 0.475 e. The van der Waals surface area contributed by atoms with Gasteiger partial charge in [0, 0.05) is 51.3 Å². The van der Waals surface area contributed by atoms with E-state index >= 15 is 0 Å². The normalized spacial score (nSPS) is 13.8. The van der Waals surface area contributed by atoms with Crippen LogP contribution in [0.25, 0.3) is 0 Å². The van der Waals surface area contributed by atoms with Crippen molar-refractivity contribution in [1.29, 1.82) is 0 Å². The lowest BCUT2D eigenvalue weighted by Gasteiger charge is -2.29. The van der Waals surface area contributed by atoms with E-state index in [2.05, 4.69) is 5.32 Å². The highest BCUT2D eigenvalue weighted by Crippen LogP contribution is 2.13. The highest BCUT2D eigenvalue weighted by molar-refractivity contribution is 5.94. The fourth-order valence-corrected chi connectivity index (χ4v) is 2.66. The van der Waals surface area contributed by atoms with Crippen molar-refractivity contribution >= 4 is 17.8 Å². The fourth-order valence-electron chi connectivity index (χ4n) is 2.66. The van der Waals surface area contributed by atoms with E-state index in [-0.39, 0.29) is 17.6 Å². The number of amides is 2. The summed E-state index contributed by atoms with van der Waals surface area (Å²) in [7, 11) is 0. The zero-order valence-corrected chi connectivity index (χ0v) is 16.5. The number of aliphatic carboxylic acids is 1. The number of rotatable bonds is 6. The Morgan fingerprint density at radius 1 is 1.10 bits per heavy atom. The van der Waals surface area contributed by atoms with E-state index in [1.54, 1.807) is 4.90 Å². The molecule has 0 radical (unpaired) electrons. The number of nitrogens with zero attached hydrogens (tertiary/aromatic N) is 2. The topological polar surface area (TPSA) is 90.0 Å². The Labute approximate surface area is 171 Å². The minimum atomic E-state index is -5.08. The lowest BCUT2D eigenvalue weighted by Crippen LogP contribution is -2.47. The van der Waals surface area contributed by atoms with Gasteiger partial charge in [-0.25, -0.2) is 9.18 Å². The number of hydrogen-bond donors (Lipinski definition) is 2. The van der Waals surface area contributed by atoms with Gasteiger partial charge in [-0.1, -0.05) is 6.92 Å². The molecule has 1 aromatic carbocycles. The van der Waals surface area contributed by atoms with Gasteiger partial charge in [0.1, 0.15) is 5.82 Å². The molecule has 30 heavy (non-hydrogen) atoms. The Bertz CT molecular complexity index is 705. The van der Waals surface area contributed by atoms with Crippen LogP contribution in [0.1, 0.15) is 30.1 Å². The van der Waals surface area contributed by atoms with E-state index in [0.29, 0.717) is 25.1 Å². The van der Waals surface area contributed by atoms with Crippen LogP contribution >= 0.6 is 0 Å². The van der Waals surface area contributed by atoms with Gasteiger partial charge in [-0.2, -0.15) is 13.2 Å². The average Bonchev–Trinajstić information content (AvgIpc) is 2.71. The summed E-state index contributed by atoms with van der Waals surface area (Å²) in [5, 5.41) is 10.3. The summed E-state index contributed by atoms with van der Waals surface area (Å²) >= 11 is 0. The third-order valence-electron chi connectivity index (χ3n) is 4.18. The molecule has 0 aromatic heterocycles. The van der Waals surface area contributed by atoms with E-state index in [1.807, 2.05) is 11.8 Å². The van der Waals surface area contributed by atoms with Crippen molar-refractivity contribution in [3.05, 3.63) is 35.6 Å². The maximum absolute atomic E-state index is 13.0. The second-order valence-electron chi connectivity index (χ2n) is 6.48. The second kappa shape index (κ2) is 12.1. The molecule has 0 aliphatic carbocycles. The summed E-state index contributed by atoms with van der Waals surface area (Å²) in [6.45, 7) is 6.05. The Morgan fingerprint density at radius 3 is 2.10 bits per heavy atom. The van der Waals surface area contributed by atoms with Gasteiger partial charge in [-0.05, 0) is 30.7 Å². The van der Waals surface area contributed by atoms with Gasteiger partial charge in [-0.3, -0.25) is 9.59 Å². The Hall–Kier alpha value is -2.69. The summed E-state index contributed by atoms with van der Waals surface area (Å²) in [6.07, 6.45) is -3.94. The number of carboxylic acid groups (broad SMARTS) is 1. The lowest BCUT2D eigenvalue weighted by atomic mass is 10.2. The van der Waals surface area contributed by atoms with E-state index in [9.17, 15) is 27.2 Å². The van der Waals surface area contributed by atoms with Crippen LogP contribution in [-0.2, 0) is 9.59 Å². The summed E-state index contributed by atoms with van der Waals surface area (Å²) in [6, 6.07) is 5.53. The predicted octanol–water partition coefficient (Wildman–Crippen LogP) is 2.13. The van der Waals surface area contributed by atoms with Crippen LogP contribution in [0.3, 0.4) is 0 Å². The van der Waals surface area contributed by atoms with Gasteiger partial charge >= 0.3 is 12.1 Å². The fraction of sp³-hybridized carbons (Fsp3) is 0.526. The molecule has 168 valence electrons. The molecule has 7 nitrogen and oxygen atoms in total. The first-order valence-electron chi connectivity index (χ1n) is 9.39. The third kappa shape index (κ3) is 8.76. The third-order valence-corrected chi connectivity index (χ3v) is 4.18. The number of carboxylic acids is 1. The van der Waals surface area contributed by atoms with E-state index in [0.717, 1.165) is 32.6 Å². The molecule has 0 saturated carbocycles. The lowest BCUT2D eigenvalue weighted by molar-refractivity contribution is -0.192. The molecule has 0 bridgehead atoms. The number of hydrogen-bond acceptors (Lipinski definition) is 4. The zero-order chi connectivity index (χ0) is 22.7. The first-order chi connectivity index (χ1) is 14.1. The van der Waals surface area contributed by atoms with Crippen molar-refractivity contribution in [3.63, 3.8) is 0 Å².